The van der Waals surface area contributed by atoms with E-state index < -0.39 is 0 Å². The Labute approximate surface area is 146 Å². The number of ketones is 1. The molecule has 4 heteroatoms. The number of nitrogens with zero attached hydrogens (tertiary/aromatic N) is 2. The second-order valence-electron chi connectivity index (χ2n) is 6.36. The monoisotopic (exact) mass is 329 g/mol. The Morgan fingerprint density at radius 1 is 1.12 bits per heavy atom. The van der Waals surface area contributed by atoms with E-state index in [0.29, 0.717) is 17.7 Å². The van der Waals surface area contributed by atoms with E-state index >= 15 is 0 Å². The fourth-order valence-corrected chi connectivity index (χ4v) is 3.56. The standard InChI is InChI=1S/C21H19N3O/c1-14-19-12-23-13-24(19)18(21(14)16-5-3-2-4-6-16)11-20(25)15-7-9-17(22)10-8-15/h2-10,12-13,18H,11,22H2,1H3. The van der Waals surface area contributed by atoms with Gasteiger partial charge in [-0.05, 0) is 47.9 Å². The first-order valence-corrected chi connectivity index (χ1v) is 8.32. The van der Waals surface area contributed by atoms with Crippen LogP contribution in [-0.4, -0.2) is 15.3 Å². The van der Waals surface area contributed by atoms with E-state index in [2.05, 4.69) is 28.6 Å². The van der Waals surface area contributed by atoms with Gasteiger partial charge in [0.2, 0.25) is 0 Å². The van der Waals surface area contributed by atoms with Crippen LogP contribution in [0.3, 0.4) is 0 Å². The highest BCUT2D eigenvalue weighted by molar-refractivity contribution is 6.01. The molecule has 0 saturated heterocycles. The molecule has 124 valence electrons. The van der Waals surface area contributed by atoms with Crippen molar-refractivity contribution in [1.29, 1.82) is 0 Å². The smallest absolute Gasteiger partial charge is 0.165 e. The number of rotatable bonds is 4. The molecule has 25 heavy (non-hydrogen) atoms. The van der Waals surface area contributed by atoms with Crippen LogP contribution in [0.25, 0.3) is 11.1 Å². The van der Waals surface area contributed by atoms with Crippen molar-refractivity contribution >= 4 is 22.6 Å². The van der Waals surface area contributed by atoms with Crippen LogP contribution in [0.15, 0.2) is 67.1 Å². The SMILES string of the molecule is CC1=C(c2ccccc2)C(CC(=O)c2ccc(N)cc2)n2cncc21. The molecule has 0 bridgehead atoms. The van der Waals surface area contributed by atoms with Gasteiger partial charge in [-0.3, -0.25) is 4.79 Å². The molecule has 2 aromatic carbocycles. The number of hydrogen-bond donors (Lipinski definition) is 1. The zero-order chi connectivity index (χ0) is 17.4. The summed E-state index contributed by atoms with van der Waals surface area (Å²) in [6, 6.07) is 17.3. The van der Waals surface area contributed by atoms with Gasteiger partial charge in [-0.25, -0.2) is 4.98 Å². The highest BCUT2D eigenvalue weighted by atomic mass is 16.1. The van der Waals surface area contributed by atoms with E-state index in [1.54, 1.807) is 24.3 Å². The third-order valence-corrected chi connectivity index (χ3v) is 4.82. The predicted octanol–water partition coefficient (Wildman–Crippen LogP) is 4.22. The maximum Gasteiger partial charge on any atom is 0.165 e. The van der Waals surface area contributed by atoms with Crippen molar-refractivity contribution < 1.29 is 4.79 Å². The second kappa shape index (κ2) is 6.06. The molecule has 1 aliphatic heterocycles. The van der Waals surface area contributed by atoms with Crippen molar-refractivity contribution in [3.05, 3.63) is 83.9 Å². The van der Waals surface area contributed by atoms with Crippen LogP contribution in [-0.2, 0) is 0 Å². The molecule has 4 nitrogen and oxygen atoms in total. The van der Waals surface area contributed by atoms with Gasteiger partial charge in [-0.2, -0.15) is 0 Å². The van der Waals surface area contributed by atoms with Crippen LogP contribution < -0.4 is 5.73 Å². The molecule has 1 aliphatic rings. The molecular formula is C21H19N3O. The number of carbonyl (C=O) groups is 1. The molecule has 0 fully saturated rings. The summed E-state index contributed by atoms with van der Waals surface area (Å²) in [7, 11) is 0. The van der Waals surface area contributed by atoms with Crippen molar-refractivity contribution in [1.82, 2.24) is 9.55 Å². The quantitative estimate of drug-likeness (QED) is 0.576. The number of hydrogen-bond acceptors (Lipinski definition) is 3. The molecule has 0 aliphatic carbocycles. The van der Waals surface area contributed by atoms with Crippen LogP contribution in [0.2, 0.25) is 0 Å². The summed E-state index contributed by atoms with van der Waals surface area (Å²) < 4.78 is 2.10. The van der Waals surface area contributed by atoms with Gasteiger partial charge in [0.25, 0.3) is 0 Å². The second-order valence-corrected chi connectivity index (χ2v) is 6.36. The van der Waals surface area contributed by atoms with Gasteiger partial charge < -0.3 is 10.3 Å². The van der Waals surface area contributed by atoms with Gasteiger partial charge in [0.1, 0.15) is 0 Å². The molecule has 2 N–H and O–H groups in total. The van der Waals surface area contributed by atoms with E-state index in [4.69, 9.17) is 5.73 Å². The van der Waals surface area contributed by atoms with Gasteiger partial charge in [0, 0.05) is 17.7 Å². The minimum Gasteiger partial charge on any atom is -0.399 e. The highest BCUT2D eigenvalue weighted by Gasteiger charge is 2.31. The fourth-order valence-electron chi connectivity index (χ4n) is 3.56. The number of aromatic nitrogens is 2. The number of anilines is 1. The minimum atomic E-state index is -0.0371. The topological polar surface area (TPSA) is 60.9 Å². The lowest BCUT2D eigenvalue weighted by Crippen LogP contribution is -2.13. The summed E-state index contributed by atoms with van der Waals surface area (Å²) in [4.78, 5) is 17.1. The summed E-state index contributed by atoms with van der Waals surface area (Å²) in [5.41, 5.74) is 11.7. The number of nitrogen functional groups attached to an aromatic ring is 1. The molecule has 0 spiro atoms. The lowest BCUT2D eigenvalue weighted by Gasteiger charge is -2.18. The summed E-state index contributed by atoms with van der Waals surface area (Å²) in [5, 5.41) is 0. The average Bonchev–Trinajstić information content (AvgIpc) is 3.20. The molecule has 0 saturated carbocycles. The molecule has 3 aromatic rings. The molecule has 0 radical (unpaired) electrons. The number of nitrogens with two attached hydrogens (primary N) is 1. The fraction of sp³-hybridized carbons (Fsp3) is 0.143. The largest absolute Gasteiger partial charge is 0.399 e. The number of carbonyl (C=O) groups excluding carboxylic acids is 1. The molecule has 2 heterocycles. The third kappa shape index (κ3) is 2.66. The minimum absolute atomic E-state index is 0.0371. The number of imidazole rings is 1. The number of benzene rings is 2. The molecule has 1 unspecified atom stereocenters. The van der Waals surface area contributed by atoms with Crippen molar-refractivity contribution in [2.24, 2.45) is 0 Å². The summed E-state index contributed by atoms with van der Waals surface area (Å²) in [5.74, 6) is 0.104. The van der Waals surface area contributed by atoms with Crippen LogP contribution in [0.5, 0.6) is 0 Å². The highest BCUT2D eigenvalue weighted by Crippen LogP contribution is 2.44. The zero-order valence-electron chi connectivity index (χ0n) is 14.0. The molecular weight excluding hydrogens is 310 g/mol. The maximum atomic E-state index is 12.8. The maximum absolute atomic E-state index is 12.8. The first kappa shape index (κ1) is 15.4. The summed E-state index contributed by atoms with van der Waals surface area (Å²) >= 11 is 0. The Hall–Kier alpha value is -3.14. The van der Waals surface area contributed by atoms with E-state index in [9.17, 15) is 4.79 Å². The molecule has 0 amide bonds. The van der Waals surface area contributed by atoms with Crippen LogP contribution >= 0.6 is 0 Å². The Morgan fingerprint density at radius 3 is 2.56 bits per heavy atom. The van der Waals surface area contributed by atoms with Crippen molar-refractivity contribution in [2.75, 3.05) is 5.73 Å². The molecule has 4 rings (SSSR count). The Bertz CT molecular complexity index is 952. The number of Topliss-reactive ketones (excluding diaryl/α,β-unsaturated/α-hetero) is 1. The van der Waals surface area contributed by atoms with Gasteiger partial charge >= 0.3 is 0 Å². The van der Waals surface area contributed by atoms with Crippen molar-refractivity contribution in [3.8, 4) is 0 Å². The van der Waals surface area contributed by atoms with Gasteiger partial charge in [0.05, 0.1) is 24.3 Å². The van der Waals surface area contributed by atoms with Gasteiger partial charge in [-0.15, -0.1) is 0 Å². The Kier molecular flexibility index (Phi) is 3.73. The van der Waals surface area contributed by atoms with Gasteiger partial charge in [0.15, 0.2) is 5.78 Å². The van der Waals surface area contributed by atoms with Crippen molar-refractivity contribution in [3.63, 3.8) is 0 Å². The Balaban J connectivity index is 1.71. The Morgan fingerprint density at radius 2 is 1.84 bits per heavy atom. The average molecular weight is 329 g/mol. The normalized spacial score (nSPS) is 16.1. The summed E-state index contributed by atoms with van der Waals surface area (Å²) in [6.45, 7) is 2.10. The first-order chi connectivity index (χ1) is 12.1. The van der Waals surface area contributed by atoms with E-state index in [1.807, 2.05) is 30.7 Å². The predicted molar refractivity (Wildman–Crippen MR) is 100.0 cm³/mol. The van der Waals surface area contributed by atoms with Crippen LogP contribution in [0, 0.1) is 0 Å². The van der Waals surface area contributed by atoms with E-state index in [0.717, 1.165) is 11.3 Å². The lowest BCUT2D eigenvalue weighted by atomic mass is 9.91. The number of allylic oxidation sites excluding steroid dienone is 2. The van der Waals surface area contributed by atoms with Crippen molar-refractivity contribution in [2.45, 2.75) is 19.4 Å². The first-order valence-electron chi connectivity index (χ1n) is 8.32. The third-order valence-electron chi connectivity index (χ3n) is 4.82. The summed E-state index contributed by atoms with van der Waals surface area (Å²) in [6.07, 6.45) is 4.08. The van der Waals surface area contributed by atoms with E-state index in [-0.39, 0.29) is 11.8 Å². The molecule has 1 atom stereocenters. The molecule has 1 aromatic heterocycles. The zero-order valence-corrected chi connectivity index (χ0v) is 14.0. The van der Waals surface area contributed by atoms with Crippen LogP contribution in [0.1, 0.15) is 41.0 Å². The van der Waals surface area contributed by atoms with E-state index in [1.165, 1.54) is 11.1 Å². The number of fused-ring (bicyclic) bond motifs is 1. The van der Waals surface area contributed by atoms with Gasteiger partial charge in [-0.1, -0.05) is 30.3 Å². The van der Waals surface area contributed by atoms with Crippen LogP contribution in [0.4, 0.5) is 5.69 Å². The lowest BCUT2D eigenvalue weighted by molar-refractivity contribution is 0.0972.